The van der Waals surface area contributed by atoms with Crippen molar-refractivity contribution in [3.63, 3.8) is 0 Å². The van der Waals surface area contributed by atoms with Gasteiger partial charge in [0, 0.05) is 24.5 Å². The highest BCUT2D eigenvalue weighted by Gasteiger charge is 2.41. The van der Waals surface area contributed by atoms with Crippen LogP contribution in [-0.4, -0.2) is 69.5 Å². The molecular weight excluding hydrogens is 422 g/mol. The van der Waals surface area contributed by atoms with Crippen molar-refractivity contribution in [1.82, 2.24) is 15.0 Å². The molecule has 9 heteroatoms. The van der Waals surface area contributed by atoms with E-state index in [9.17, 15) is 15.0 Å². The number of fused-ring (bicyclic) bond motifs is 1. The molecule has 4 atom stereocenters. The number of rotatable bonds is 9. The monoisotopic (exact) mass is 451 g/mol. The first-order valence-corrected chi connectivity index (χ1v) is 11.2. The summed E-state index contributed by atoms with van der Waals surface area (Å²) in [6.45, 7) is 5.49. The summed E-state index contributed by atoms with van der Waals surface area (Å²) in [6.07, 6.45) is -1.23. The highest BCUT2D eigenvalue weighted by atomic mass is 16.5. The molecule has 1 fully saturated rings. The Kier molecular flexibility index (Phi) is 7.12. The predicted octanol–water partition coefficient (Wildman–Crippen LogP) is 2.17. The first-order chi connectivity index (χ1) is 16.0. The van der Waals surface area contributed by atoms with Crippen LogP contribution in [-0.2, 0) is 9.53 Å². The largest absolute Gasteiger partial charge is 0.390 e. The fraction of sp³-hybridized carbons (Fsp3) is 0.417. The van der Waals surface area contributed by atoms with Crippen molar-refractivity contribution in [1.29, 1.82) is 0 Å². The Labute approximate surface area is 192 Å². The molecule has 4 rings (SSSR count). The van der Waals surface area contributed by atoms with Crippen LogP contribution in [0.3, 0.4) is 0 Å². The van der Waals surface area contributed by atoms with E-state index in [1.54, 1.807) is 0 Å². The van der Waals surface area contributed by atoms with Crippen molar-refractivity contribution >= 4 is 29.0 Å². The summed E-state index contributed by atoms with van der Waals surface area (Å²) in [5.74, 6) is 0.262. The normalized spacial score (nSPS) is 22.4. The van der Waals surface area contributed by atoms with E-state index in [0.717, 1.165) is 10.9 Å². The van der Waals surface area contributed by atoms with Gasteiger partial charge >= 0.3 is 0 Å². The van der Waals surface area contributed by atoms with Gasteiger partial charge in [-0.2, -0.15) is 4.98 Å². The van der Waals surface area contributed by atoms with Crippen LogP contribution < -0.4 is 10.6 Å². The lowest BCUT2D eigenvalue weighted by Crippen LogP contribution is -2.35. The molecule has 1 aromatic carbocycles. The molecular formula is C24H29N5O4. The SMILES string of the molecule is CCOCCNc1nc(C)c(-c2ccc3ccccc3n2)c(NC2CC(C=O)C(O)C2O)n1. The topological polar surface area (TPSA) is 129 Å². The molecule has 0 spiro atoms. The Balaban J connectivity index is 1.71. The van der Waals surface area contributed by atoms with Crippen LogP contribution in [0.25, 0.3) is 22.2 Å². The van der Waals surface area contributed by atoms with Crippen LogP contribution >= 0.6 is 0 Å². The van der Waals surface area contributed by atoms with Crippen LogP contribution in [0, 0.1) is 12.8 Å². The van der Waals surface area contributed by atoms with Crippen molar-refractivity contribution in [3.8, 4) is 11.3 Å². The number of hydrogen-bond donors (Lipinski definition) is 4. The van der Waals surface area contributed by atoms with E-state index >= 15 is 0 Å². The number of ether oxygens (including phenoxy) is 1. The zero-order valence-electron chi connectivity index (χ0n) is 18.7. The molecule has 9 nitrogen and oxygen atoms in total. The third-order valence-electron chi connectivity index (χ3n) is 5.90. The first-order valence-electron chi connectivity index (χ1n) is 11.2. The Morgan fingerprint density at radius 3 is 2.70 bits per heavy atom. The molecule has 0 aliphatic heterocycles. The molecule has 1 aliphatic rings. The van der Waals surface area contributed by atoms with Crippen molar-refractivity contribution in [3.05, 3.63) is 42.1 Å². The molecule has 4 unspecified atom stereocenters. The van der Waals surface area contributed by atoms with Crippen LogP contribution in [0.4, 0.5) is 11.8 Å². The zero-order valence-corrected chi connectivity index (χ0v) is 18.7. The van der Waals surface area contributed by atoms with Crippen molar-refractivity contribution in [2.45, 2.75) is 38.5 Å². The van der Waals surface area contributed by atoms with Gasteiger partial charge in [-0.05, 0) is 32.4 Å². The molecule has 3 aromatic rings. The van der Waals surface area contributed by atoms with E-state index in [0.29, 0.717) is 61.2 Å². The maximum atomic E-state index is 11.3. The molecule has 0 bridgehead atoms. The highest BCUT2D eigenvalue weighted by molar-refractivity contribution is 5.84. The Bertz CT molecular complexity index is 1130. The molecule has 174 valence electrons. The molecule has 2 heterocycles. The number of hydrogen-bond acceptors (Lipinski definition) is 9. The number of pyridine rings is 1. The van der Waals surface area contributed by atoms with Crippen molar-refractivity contribution < 1.29 is 19.7 Å². The van der Waals surface area contributed by atoms with Gasteiger partial charge in [-0.1, -0.05) is 24.3 Å². The molecule has 33 heavy (non-hydrogen) atoms. The summed E-state index contributed by atoms with van der Waals surface area (Å²) < 4.78 is 5.37. The molecule has 1 aliphatic carbocycles. The standard InChI is InChI=1S/C24H29N5O4/c1-3-33-11-10-25-24-26-14(2)20(18-9-8-15-6-4-5-7-17(15)27-18)23(29-24)28-19-12-16(13-30)21(31)22(19)32/h4-9,13,16,19,21-22,31-32H,3,10-12H2,1-2H3,(H2,25,26,28,29). The molecule has 2 aromatic heterocycles. The summed E-state index contributed by atoms with van der Waals surface area (Å²) in [5.41, 5.74) is 2.94. The smallest absolute Gasteiger partial charge is 0.224 e. The van der Waals surface area contributed by atoms with Gasteiger partial charge in [-0.3, -0.25) is 0 Å². The second kappa shape index (κ2) is 10.2. The lowest BCUT2D eigenvalue weighted by molar-refractivity contribution is -0.114. The summed E-state index contributed by atoms with van der Waals surface area (Å²) in [5, 5.41) is 28.1. The number of nitrogens with zero attached hydrogens (tertiary/aromatic N) is 3. The molecule has 0 amide bonds. The Morgan fingerprint density at radius 2 is 1.94 bits per heavy atom. The number of nitrogens with one attached hydrogen (secondary N) is 2. The van der Waals surface area contributed by atoms with Gasteiger partial charge < -0.3 is 30.4 Å². The number of aliphatic hydroxyl groups is 2. The highest BCUT2D eigenvalue weighted by Crippen LogP contribution is 2.34. The third-order valence-corrected chi connectivity index (χ3v) is 5.90. The zero-order chi connectivity index (χ0) is 23.4. The van der Waals surface area contributed by atoms with Gasteiger partial charge in [0.2, 0.25) is 5.95 Å². The fourth-order valence-electron chi connectivity index (χ4n) is 4.17. The summed E-state index contributed by atoms with van der Waals surface area (Å²) in [6, 6.07) is 11.2. The minimum absolute atomic E-state index is 0.298. The maximum absolute atomic E-state index is 11.3. The number of aliphatic hydroxyl groups excluding tert-OH is 2. The Hall–Kier alpha value is -3.14. The van der Waals surface area contributed by atoms with E-state index in [4.69, 9.17) is 9.72 Å². The number of benzene rings is 1. The lowest BCUT2D eigenvalue weighted by atomic mass is 10.1. The second-order valence-corrected chi connectivity index (χ2v) is 8.14. The summed E-state index contributed by atoms with van der Waals surface area (Å²) >= 11 is 0. The number of anilines is 2. The van der Waals surface area contributed by atoms with E-state index in [2.05, 4.69) is 20.6 Å². The van der Waals surface area contributed by atoms with Gasteiger partial charge in [-0.15, -0.1) is 0 Å². The van der Waals surface area contributed by atoms with Crippen molar-refractivity contribution in [2.24, 2.45) is 5.92 Å². The Morgan fingerprint density at radius 1 is 1.12 bits per heavy atom. The van der Waals surface area contributed by atoms with E-state index in [1.807, 2.05) is 50.2 Å². The van der Waals surface area contributed by atoms with Crippen LogP contribution in [0.2, 0.25) is 0 Å². The number of aromatic nitrogens is 3. The van der Waals surface area contributed by atoms with Crippen LogP contribution in [0.5, 0.6) is 0 Å². The average Bonchev–Trinajstić information content (AvgIpc) is 3.09. The van der Waals surface area contributed by atoms with E-state index < -0.39 is 24.2 Å². The van der Waals surface area contributed by atoms with Crippen LogP contribution in [0.1, 0.15) is 19.0 Å². The van der Waals surface area contributed by atoms with E-state index in [1.165, 1.54) is 0 Å². The second-order valence-electron chi connectivity index (χ2n) is 8.14. The fourth-order valence-corrected chi connectivity index (χ4v) is 4.17. The molecule has 0 saturated heterocycles. The maximum Gasteiger partial charge on any atom is 0.224 e. The van der Waals surface area contributed by atoms with Gasteiger partial charge in [0.1, 0.15) is 18.2 Å². The predicted molar refractivity (Wildman–Crippen MR) is 126 cm³/mol. The van der Waals surface area contributed by atoms with Gasteiger partial charge in [0.25, 0.3) is 0 Å². The van der Waals surface area contributed by atoms with Gasteiger partial charge in [0.15, 0.2) is 0 Å². The molecule has 4 N–H and O–H groups in total. The average molecular weight is 452 g/mol. The molecule has 1 saturated carbocycles. The minimum atomic E-state index is -1.12. The van der Waals surface area contributed by atoms with Gasteiger partial charge in [-0.25, -0.2) is 9.97 Å². The minimum Gasteiger partial charge on any atom is -0.390 e. The van der Waals surface area contributed by atoms with Crippen molar-refractivity contribution in [2.75, 3.05) is 30.4 Å². The number of para-hydroxylation sites is 1. The number of aryl methyl sites for hydroxylation is 1. The van der Waals surface area contributed by atoms with E-state index in [-0.39, 0.29) is 0 Å². The number of aldehydes is 1. The number of carbonyl (C=O) groups is 1. The number of carbonyl (C=O) groups excluding carboxylic acids is 1. The molecule has 0 radical (unpaired) electrons. The third kappa shape index (κ3) is 4.95. The lowest BCUT2D eigenvalue weighted by Gasteiger charge is -2.22. The first kappa shape index (κ1) is 23.0. The summed E-state index contributed by atoms with van der Waals surface area (Å²) in [4.78, 5) is 25.3. The van der Waals surface area contributed by atoms with Gasteiger partial charge in [0.05, 0.1) is 41.2 Å². The summed E-state index contributed by atoms with van der Waals surface area (Å²) in [7, 11) is 0. The quantitative estimate of drug-likeness (QED) is 0.286. The van der Waals surface area contributed by atoms with Crippen LogP contribution in [0.15, 0.2) is 36.4 Å².